The van der Waals surface area contributed by atoms with E-state index in [1.807, 2.05) is 12.4 Å². The van der Waals surface area contributed by atoms with Crippen molar-refractivity contribution >= 4 is 17.2 Å². The monoisotopic (exact) mass is 241 g/mol. The van der Waals surface area contributed by atoms with Gasteiger partial charge in [0.05, 0.1) is 17.1 Å². The normalized spacial score (nSPS) is 10.4. The maximum Gasteiger partial charge on any atom is 0.226 e. The molecule has 0 atom stereocenters. The summed E-state index contributed by atoms with van der Waals surface area (Å²) in [7, 11) is 1.91. The number of thiazole rings is 1. The number of aryl methyl sites for hydroxylation is 1. The van der Waals surface area contributed by atoms with Crippen LogP contribution in [0.4, 0.5) is 0 Å². The number of carbonyl (C=O) groups is 1. The predicted octanol–water partition coefficient (Wildman–Crippen LogP) is 0.974. The zero-order valence-corrected chi connectivity index (χ0v) is 10.7. The van der Waals surface area contributed by atoms with E-state index in [9.17, 15) is 4.79 Å². The predicted molar refractivity (Wildman–Crippen MR) is 66.7 cm³/mol. The lowest BCUT2D eigenvalue weighted by atomic mass is 10.3. The van der Waals surface area contributed by atoms with Crippen molar-refractivity contribution < 1.29 is 4.79 Å². The van der Waals surface area contributed by atoms with E-state index < -0.39 is 0 Å². The van der Waals surface area contributed by atoms with Crippen LogP contribution in [0.15, 0.2) is 5.38 Å². The van der Waals surface area contributed by atoms with Crippen molar-refractivity contribution in [2.75, 3.05) is 20.1 Å². The fraction of sp³-hybridized carbons (Fsp3) is 0.636. The van der Waals surface area contributed by atoms with Crippen LogP contribution in [0, 0.1) is 0 Å². The summed E-state index contributed by atoms with van der Waals surface area (Å²) in [6.45, 7) is 3.72. The van der Waals surface area contributed by atoms with Gasteiger partial charge in [-0.05, 0) is 26.4 Å². The van der Waals surface area contributed by atoms with E-state index in [0.717, 1.165) is 36.6 Å². The molecule has 1 aromatic rings. The highest BCUT2D eigenvalue weighted by atomic mass is 32.1. The molecule has 0 spiro atoms. The lowest BCUT2D eigenvalue weighted by Crippen LogP contribution is -2.28. The summed E-state index contributed by atoms with van der Waals surface area (Å²) < 4.78 is 0. The Hall–Kier alpha value is -0.940. The molecular weight excluding hydrogens is 222 g/mol. The first kappa shape index (κ1) is 13.1. The van der Waals surface area contributed by atoms with Gasteiger partial charge in [0.25, 0.3) is 0 Å². The molecule has 0 fully saturated rings. The lowest BCUT2D eigenvalue weighted by molar-refractivity contribution is -0.120. The molecule has 4 nitrogen and oxygen atoms in total. The molecule has 0 aliphatic carbocycles. The Morgan fingerprint density at radius 1 is 1.50 bits per heavy atom. The van der Waals surface area contributed by atoms with Gasteiger partial charge in [0.1, 0.15) is 0 Å². The Morgan fingerprint density at radius 2 is 2.31 bits per heavy atom. The smallest absolute Gasteiger partial charge is 0.226 e. The van der Waals surface area contributed by atoms with Crippen LogP contribution in [0.1, 0.15) is 24.0 Å². The molecule has 1 amide bonds. The average molecular weight is 241 g/mol. The number of hydrogen-bond donors (Lipinski definition) is 2. The molecular formula is C11H19N3OS. The Balaban J connectivity index is 2.23. The van der Waals surface area contributed by atoms with Gasteiger partial charge in [-0.2, -0.15) is 0 Å². The second-order valence-electron chi connectivity index (χ2n) is 3.57. The van der Waals surface area contributed by atoms with Gasteiger partial charge < -0.3 is 10.6 Å². The number of aromatic nitrogens is 1. The van der Waals surface area contributed by atoms with Gasteiger partial charge >= 0.3 is 0 Å². The van der Waals surface area contributed by atoms with Crippen LogP contribution in [0.5, 0.6) is 0 Å². The van der Waals surface area contributed by atoms with Crippen molar-refractivity contribution in [3.8, 4) is 0 Å². The molecule has 0 saturated carbocycles. The maximum atomic E-state index is 11.5. The van der Waals surface area contributed by atoms with Crippen LogP contribution in [-0.4, -0.2) is 31.0 Å². The number of hydrogen-bond acceptors (Lipinski definition) is 4. The van der Waals surface area contributed by atoms with Crippen LogP contribution >= 0.6 is 11.3 Å². The third-order valence-electron chi connectivity index (χ3n) is 2.17. The highest BCUT2D eigenvalue weighted by Crippen LogP contribution is 2.10. The van der Waals surface area contributed by atoms with Crippen LogP contribution in [-0.2, 0) is 17.6 Å². The summed E-state index contributed by atoms with van der Waals surface area (Å²) in [5.41, 5.74) is 0.882. The molecule has 0 aliphatic rings. The third kappa shape index (κ3) is 4.72. The Bertz CT molecular complexity index is 325. The van der Waals surface area contributed by atoms with Gasteiger partial charge in [-0.1, -0.05) is 6.92 Å². The minimum Gasteiger partial charge on any atom is -0.356 e. The van der Waals surface area contributed by atoms with Gasteiger partial charge in [-0.3, -0.25) is 4.79 Å². The van der Waals surface area contributed by atoms with Crippen LogP contribution in [0.25, 0.3) is 0 Å². The summed E-state index contributed by atoms with van der Waals surface area (Å²) in [5, 5.41) is 8.98. The molecule has 0 unspecified atom stereocenters. The second-order valence-corrected chi connectivity index (χ2v) is 4.51. The topological polar surface area (TPSA) is 54.0 Å². The molecule has 1 rings (SSSR count). The van der Waals surface area contributed by atoms with Crippen LogP contribution in [0.3, 0.4) is 0 Å². The zero-order chi connectivity index (χ0) is 11.8. The summed E-state index contributed by atoms with van der Waals surface area (Å²) in [5.74, 6) is 0.0593. The average Bonchev–Trinajstić information content (AvgIpc) is 2.72. The fourth-order valence-electron chi connectivity index (χ4n) is 1.31. The van der Waals surface area contributed by atoms with Gasteiger partial charge in [-0.15, -0.1) is 11.3 Å². The van der Waals surface area contributed by atoms with Crippen molar-refractivity contribution in [3.05, 3.63) is 16.1 Å². The molecule has 2 N–H and O–H groups in total. The molecule has 90 valence electrons. The fourth-order valence-corrected chi connectivity index (χ4v) is 2.06. The molecule has 0 saturated heterocycles. The first-order chi connectivity index (χ1) is 7.76. The molecule has 0 radical (unpaired) electrons. The van der Waals surface area contributed by atoms with Gasteiger partial charge in [-0.25, -0.2) is 4.98 Å². The molecule has 16 heavy (non-hydrogen) atoms. The summed E-state index contributed by atoms with van der Waals surface area (Å²) in [4.78, 5) is 15.9. The van der Waals surface area contributed by atoms with E-state index in [2.05, 4.69) is 22.5 Å². The maximum absolute atomic E-state index is 11.5. The largest absolute Gasteiger partial charge is 0.356 e. The minimum atomic E-state index is 0.0593. The van der Waals surface area contributed by atoms with Crippen molar-refractivity contribution in [1.29, 1.82) is 0 Å². The minimum absolute atomic E-state index is 0.0593. The summed E-state index contributed by atoms with van der Waals surface area (Å²) >= 11 is 1.62. The quantitative estimate of drug-likeness (QED) is 0.700. The second kappa shape index (κ2) is 7.35. The zero-order valence-electron chi connectivity index (χ0n) is 9.88. The first-order valence-corrected chi connectivity index (χ1v) is 6.48. The Morgan fingerprint density at radius 3 is 2.94 bits per heavy atom. The SMILES string of the molecule is CCc1nc(CC(=O)NCCCNC)cs1. The van der Waals surface area contributed by atoms with Gasteiger partial charge in [0.2, 0.25) is 5.91 Å². The first-order valence-electron chi connectivity index (χ1n) is 5.60. The summed E-state index contributed by atoms with van der Waals surface area (Å²) in [6.07, 6.45) is 2.30. The van der Waals surface area contributed by atoms with Crippen molar-refractivity contribution in [2.24, 2.45) is 0 Å². The summed E-state index contributed by atoms with van der Waals surface area (Å²) in [6, 6.07) is 0. The lowest BCUT2D eigenvalue weighted by Gasteiger charge is -2.03. The number of rotatable bonds is 7. The molecule has 1 heterocycles. The van der Waals surface area contributed by atoms with Crippen LogP contribution < -0.4 is 10.6 Å². The van der Waals surface area contributed by atoms with Crippen molar-refractivity contribution in [3.63, 3.8) is 0 Å². The number of nitrogens with zero attached hydrogens (tertiary/aromatic N) is 1. The third-order valence-corrected chi connectivity index (χ3v) is 3.21. The van der Waals surface area contributed by atoms with Gasteiger partial charge in [0, 0.05) is 11.9 Å². The van der Waals surface area contributed by atoms with E-state index in [1.54, 1.807) is 11.3 Å². The van der Waals surface area contributed by atoms with E-state index in [4.69, 9.17) is 0 Å². The van der Waals surface area contributed by atoms with Crippen LogP contribution in [0.2, 0.25) is 0 Å². The highest BCUT2D eigenvalue weighted by Gasteiger charge is 2.06. The molecule has 0 aliphatic heterocycles. The Labute approximate surface area is 100 Å². The highest BCUT2D eigenvalue weighted by molar-refractivity contribution is 7.09. The van der Waals surface area contributed by atoms with Crippen molar-refractivity contribution in [1.82, 2.24) is 15.6 Å². The Kier molecular flexibility index (Phi) is 6.03. The number of amides is 1. The molecule has 1 aromatic heterocycles. The van der Waals surface area contributed by atoms with Crippen molar-refractivity contribution in [2.45, 2.75) is 26.2 Å². The van der Waals surface area contributed by atoms with E-state index in [1.165, 1.54) is 0 Å². The number of nitrogens with one attached hydrogen (secondary N) is 2. The standard InChI is InChI=1S/C11H19N3OS/c1-3-11-14-9(8-16-11)7-10(15)13-6-4-5-12-2/h8,12H,3-7H2,1-2H3,(H,13,15). The molecule has 5 heteroatoms. The van der Waals surface area contributed by atoms with E-state index >= 15 is 0 Å². The molecule has 0 bridgehead atoms. The number of carbonyl (C=O) groups excluding carboxylic acids is 1. The molecule has 0 aromatic carbocycles. The van der Waals surface area contributed by atoms with E-state index in [0.29, 0.717) is 6.42 Å². The van der Waals surface area contributed by atoms with E-state index in [-0.39, 0.29) is 5.91 Å². The van der Waals surface area contributed by atoms with Gasteiger partial charge in [0.15, 0.2) is 0 Å².